The molecule has 0 radical (unpaired) electrons. The Morgan fingerprint density at radius 3 is 2.60 bits per heavy atom. The number of para-hydroxylation sites is 1. The van der Waals surface area contributed by atoms with Crippen LogP contribution in [-0.4, -0.2) is 97.2 Å². The standard InChI is InChI=1S/C29H34ClF3N7O2P/c1-18-10-19(35-28-34-12-22(30)27(37-28)36-23-6-4-5-7-25(23)43(2,3)41)11-24-26(18)40-9-8-39(15-21(40)16-42-24)20-13-38(14-20)17-29(31,32)33/h4-7,10-12,20-21H,8-9,13-17H2,1-3H3,(H2,34,35,36,37)/t21-/m1/s1. The monoisotopic (exact) mass is 635 g/mol. The fourth-order valence-corrected chi connectivity index (χ4v) is 7.40. The van der Waals surface area contributed by atoms with Gasteiger partial charge in [-0.2, -0.15) is 18.2 Å². The molecule has 43 heavy (non-hydrogen) atoms. The molecular formula is C29H34ClF3N7O2P. The van der Waals surface area contributed by atoms with Gasteiger partial charge in [0.25, 0.3) is 0 Å². The number of hydrogen-bond donors (Lipinski definition) is 2. The Bertz CT molecular complexity index is 1560. The van der Waals surface area contributed by atoms with Crippen molar-refractivity contribution in [1.82, 2.24) is 19.8 Å². The molecule has 3 aromatic rings. The number of halogens is 4. The minimum Gasteiger partial charge on any atom is -0.489 e. The summed E-state index contributed by atoms with van der Waals surface area (Å²) in [5.74, 6) is 1.48. The van der Waals surface area contributed by atoms with E-state index in [4.69, 9.17) is 16.3 Å². The van der Waals surface area contributed by atoms with Crippen LogP contribution >= 0.6 is 18.7 Å². The molecule has 230 valence electrons. The molecule has 2 saturated heterocycles. The number of anilines is 5. The topological polar surface area (TPSA) is 85.9 Å². The number of benzene rings is 2. The normalized spacial score (nSPS) is 19.7. The minimum absolute atomic E-state index is 0.132. The van der Waals surface area contributed by atoms with E-state index >= 15 is 0 Å². The lowest BCUT2D eigenvalue weighted by molar-refractivity contribution is -0.161. The molecular weight excluding hydrogens is 602 g/mol. The zero-order chi connectivity index (χ0) is 30.5. The number of likely N-dealkylation sites (tertiary alicyclic amines) is 1. The molecule has 2 fully saturated rings. The van der Waals surface area contributed by atoms with E-state index in [0.717, 1.165) is 42.3 Å². The van der Waals surface area contributed by atoms with Crippen molar-refractivity contribution in [3.8, 4) is 5.75 Å². The Balaban J connectivity index is 1.14. The molecule has 0 spiro atoms. The highest BCUT2D eigenvalue weighted by Gasteiger charge is 2.42. The van der Waals surface area contributed by atoms with Crippen LogP contribution < -0.4 is 25.6 Å². The summed E-state index contributed by atoms with van der Waals surface area (Å²) < 4.78 is 57.1. The van der Waals surface area contributed by atoms with E-state index in [9.17, 15) is 17.7 Å². The largest absolute Gasteiger partial charge is 0.489 e. The first kappa shape index (κ1) is 30.0. The smallest absolute Gasteiger partial charge is 0.401 e. The number of hydrogen-bond acceptors (Lipinski definition) is 9. The van der Waals surface area contributed by atoms with Crippen LogP contribution in [0.1, 0.15) is 5.56 Å². The van der Waals surface area contributed by atoms with Crippen LogP contribution in [0.25, 0.3) is 0 Å². The summed E-state index contributed by atoms with van der Waals surface area (Å²) in [6.45, 7) is 8.35. The Labute approximate surface area is 253 Å². The first-order chi connectivity index (χ1) is 20.3. The maximum atomic E-state index is 12.8. The zero-order valence-electron chi connectivity index (χ0n) is 24.2. The molecule has 2 aromatic carbocycles. The molecule has 0 aliphatic carbocycles. The second-order valence-corrected chi connectivity index (χ2v) is 15.4. The van der Waals surface area contributed by atoms with Crippen molar-refractivity contribution in [2.45, 2.75) is 25.2 Å². The summed E-state index contributed by atoms with van der Waals surface area (Å²) in [5, 5.41) is 7.50. The second kappa shape index (κ2) is 11.5. The highest BCUT2D eigenvalue weighted by Crippen LogP contribution is 2.42. The third kappa shape index (κ3) is 6.57. The minimum atomic E-state index is -4.16. The SMILES string of the molecule is Cc1cc(Nc2ncc(Cl)c(Nc3ccccc3P(C)(C)=O)n2)cc2c1N1CCN(C3CN(CC(F)(F)F)C3)C[C@@H]1CO2. The summed E-state index contributed by atoms with van der Waals surface area (Å²) in [7, 11) is -2.54. The van der Waals surface area contributed by atoms with E-state index in [-0.39, 0.29) is 12.1 Å². The van der Waals surface area contributed by atoms with Crippen LogP contribution in [0.15, 0.2) is 42.6 Å². The number of fused-ring (bicyclic) bond motifs is 3. The molecule has 2 N–H and O–H groups in total. The lowest BCUT2D eigenvalue weighted by atomic mass is 10.0. The molecule has 0 unspecified atom stereocenters. The van der Waals surface area contributed by atoms with Crippen molar-refractivity contribution in [2.24, 2.45) is 0 Å². The van der Waals surface area contributed by atoms with Gasteiger partial charge in [-0.3, -0.25) is 9.80 Å². The Hall–Kier alpha value is -3.05. The molecule has 0 saturated carbocycles. The summed E-state index contributed by atoms with van der Waals surface area (Å²) in [6.07, 6.45) is -2.65. The van der Waals surface area contributed by atoms with Gasteiger partial charge in [-0.05, 0) is 44.0 Å². The van der Waals surface area contributed by atoms with Gasteiger partial charge in [0.1, 0.15) is 24.5 Å². The lowest BCUT2D eigenvalue weighted by Crippen LogP contribution is -2.67. The lowest BCUT2D eigenvalue weighted by Gasteiger charge is -2.52. The van der Waals surface area contributed by atoms with Gasteiger partial charge in [0, 0.05) is 55.8 Å². The summed E-state index contributed by atoms with van der Waals surface area (Å²) in [4.78, 5) is 15.0. The maximum absolute atomic E-state index is 12.8. The number of nitrogens with zero attached hydrogens (tertiary/aromatic N) is 5. The first-order valence-electron chi connectivity index (χ1n) is 14.1. The quantitative estimate of drug-likeness (QED) is 0.336. The molecule has 0 amide bonds. The Morgan fingerprint density at radius 1 is 1.09 bits per heavy atom. The number of alkyl halides is 3. The summed E-state index contributed by atoms with van der Waals surface area (Å²) in [6, 6.07) is 11.6. The third-order valence-corrected chi connectivity index (χ3v) is 9.92. The van der Waals surface area contributed by atoms with Gasteiger partial charge >= 0.3 is 6.18 Å². The van der Waals surface area contributed by atoms with Crippen molar-refractivity contribution >= 4 is 52.9 Å². The number of piperazine rings is 1. The summed E-state index contributed by atoms with van der Waals surface area (Å²) in [5.41, 5.74) is 3.49. The van der Waals surface area contributed by atoms with Crippen LogP contribution in [0.2, 0.25) is 5.02 Å². The van der Waals surface area contributed by atoms with Gasteiger partial charge in [0.15, 0.2) is 5.82 Å². The number of ether oxygens (including phenoxy) is 1. The number of aromatic nitrogens is 2. The van der Waals surface area contributed by atoms with Crippen LogP contribution in [0, 0.1) is 6.92 Å². The molecule has 6 rings (SSSR count). The van der Waals surface area contributed by atoms with Gasteiger partial charge in [-0.1, -0.05) is 23.7 Å². The molecule has 14 heteroatoms. The van der Waals surface area contributed by atoms with Crippen molar-refractivity contribution in [3.05, 3.63) is 53.2 Å². The average Bonchev–Trinajstić information content (AvgIpc) is 2.91. The second-order valence-electron chi connectivity index (χ2n) is 11.8. The van der Waals surface area contributed by atoms with Crippen molar-refractivity contribution in [1.29, 1.82) is 0 Å². The average molecular weight is 636 g/mol. The predicted octanol–water partition coefficient (Wildman–Crippen LogP) is 5.30. The fourth-order valence-electron chi connectivity index (χ4n) is 6.11. The van der Waals surface area contributed by atoms with Crippen LogP contribution in [0.5, 0.6) is 5.75 Å². The van der Waals surface area contributed by atoms with Gasteiger partial charge in [0.05, 0.1) is 30.2 Å². The zero-order valence-corrected chi connectivity index (χ0v) is 25.8. The number of aryl methyl sites for hydroxylation is 1. The molecule has 1 aromatic heterocycles. The highest BCUT2D eigenvalue weighted by atomic mass is 35.5. The number of nitrogens with one attached hydrogen (secondary N) is 2. The molecule has 1 atom stereocenters. The predicted molar refractivity (Wildman–Crippen MR) is 165 cm³/mol. The van der Waals surface area contributed by atoms with E-state index in [0.29, 0.717) is 47.5 Å². The maximum Gasteiger partial charge on any atom is 0.401 e. The molecule has 9 nitrogen and oxygen atoms in total. The van der Waals surface area contributed by atoms with Crippen LogP contribution in [0.3, 0.4) is 0 Å². The Kier molecular flexibility index (Phi) is 8.00. The van der Waals surface area contributed by atoms with E-state index < -0.39 is 19.9 Å². The highest BCUT2D eigenvalue weighted by molar-refractivity contribution is 7.70. The van der Waals surface area contributed by atoms with Gasteiger partial charge in [-0.25, -0.2) is 4.98 Å². The molecule has 3 aliphatic rings. The summed E-state index contributed by atoms with van der Waals surface area (Å²) >= 11 is 6.42. The van der Waals surface area contributed by atoms with Crippen molar-refractivity contribution in [2.75, 3.05) is 74.7 Å². The number of rotatable bonds is 7. The van der Waals surface area contributed by atoms with Crippen LogP contribution in [-0.2, 0) is 4.57 Å². The molecule has 3 aliphatic heterocycles. The van der Waals surface area contributed by atoms with Crippen molar-refractivity contribution < 1.29 is 22.5 Å². The van der Waals surface area contributed by atoms with E-state index in [1.54, 1.807) is 13.3 Å². The fraction of sp³-hybridized carbons (Fsp3) is 0.448. The van der Waals surface area contributed by atoms with Gasteiger partial charge in [0.2, 0.25) is 5.95 Å². The van der Waals surface area contributed by atoms with Gasteiger partial charge < -0.3 is 24.8 Å². The molecule has 0 bridgehead atoms. The first-order valence-corrected chi connectivity index (χ1v) is 17.1. The van der Waals surface area contributed by atoms with E-state index in [1.807, 2.05) is 43.3 Å². The molecule has 4 heterocycles. The van der Waals surface area contributed by atoms with Gasteiger partial charge in [-0.15, -0.1) is 0 Å². The van der Waals surface area contributed by atoms with Crippen LogP contribution in [0.4, 0.5) is 42.0 Å². The van der Waals surface area contributed by atoms with Crippen molar-refractivity contribution in [3.63, 3.8) is 0 Å². The Morgan fingerprint density at radius 2 is 1.86 bits per heavy atom. The van der Waals surface area contributed by atoms with E-state index in [2.05, 4.69) is 30.4 Å². The van der Waals surface area contributed by atoms with E-state index in [1.165, 1.54) is 11.1 Å². The third-order valence-electron chi connectivity index (χ3n) is 8.09.